The third-order valence-corrected chi connectivity index (χ3v) is 2.89. The normalized spacial score (nSPS) is 11.9. The Morgan fingerprint density at radius 1 is 1.20 bits per heavy atom. The number of amides is 2. The van der Waals surface area contributed by atoms with Gasteiger partial charge in [-0.2, -0.15) is 5.01 Å². The summed E-state index contributed by atoms with van der Waals surface area (Å²) in [5.41, 5.74) is 0. The lowest BCUT2D eigenvalue weighted by Crippen LogP contribution is -2.38. The van der Waals surface area contributed by atoms with E-state index in [9.17, 15) is 19.4 Å². The first kappa shape index (κ1) is 18.1. The topological polar surface area (TPSA) is 90.1 Å². The zero-order valence-electron chi connectivity index (χ0n) is 12.7. The predicted molar refractivity (Wildman–Crippen MR) is 73.1 cm³/mol. The summed E-state index contributed by atoms with van der Waals surface area (Å²) < 4.78 is 0. The van der Waals surface area contributed by atoms with Crippen molar-refractivity contribution in [2.75, 3.05) is 20.6 Å². The van der Waals surface area contributed by atoms with Crippen molar-refractivity contribution in [3.8, 4) is 0 Å². The van der Waals surface area contributed by atoms with Gasteiger partial charge in [-0.1, -0.05) is 25.8 Å². The van der Waals surface area contributed by atoms with E-state index < -0.39 is 11.8 Å². The fourth-order valence-corrected chi connectivity index (χ4v) is 1.54. The minimum absolute atomic E-state index is 0.0000605. The largest absolute Gasteiger partial charge is 0.281 e. The molecule has 0 saturated carbocycles. The highest BCUT2D eigenvalue weighted by molar-refractivity contribution is 5.77. The average molecular weight is 287 g/mol. The van der Waals surface area contributed by atoms with Gasteiger partial charge in [-0.3, -0.25) is 9.59 Å². The second-order valence-corrected chi connectivity index (χ2v) is 5.22. The van der Waals surface area contributed by atoms with Gasteiger partial charge in [-0.15, -0.1) is 4.91 Å². The van der Waals surface area contributed by atoms with Crippen molar-refractivity contribution < 1.29 is 14.5 Å². The van der Waals surface area contributed by atoms with Crippen molar-refractivity contribution >= 4 is 11.8 Å². The number of nitroso groups, excluding NO2 is 2. The van der Waals surface area contributed by atoms with Crippen LogP contribution in [0.3, 0.4) is 0 Å². The highest BCUT2D eigenvalue weighted by Crippen LogP contribution is 2.08. The summed E-state index contributed by atoms with van der Waals surface area (Å²) in [5.74, 6) is -1.06. The summed E-state index contributed by atoms with van der Waals surface area (Å²) in [7, 11) is 2.67. The van der Waals surface area contributed by atoms with Gasteiger partial charge in [0, 0.05) is 25.8 Å². The van der Waals surface area contributed by atoms with E-state index in [1.165, 1.54) is 14.1 Å². The Labute approximate surface area is 118 Å². The first-order valence-electron chi connectivity index (χ1n) is 6.52. The molecule has 114 valence electrons. The van der Waals surface area contributed by atoms with E-state index in [0.717, 1.165) is 5.01 Å². The van der Waals surface area contributed by atoms with Crippen molar-refractivity contribution in [1.29, 1.82) is 0 Å². The minimum Gasteiger partial charge on any atom is -0.273 e. The van der Waals surface area contributed by atoms with Crippen LogP contribution in [-0.2, 0) is 9.59 Å². The molecule has 0 aromatic heterocycles. The maximum absolute atomic E-state index is 11.7. The van der Waals surface area contributed by atoms with E-state index in [2.05, 4.69) is 5.29 Å². The molecule has 8 nitrogen and oxygen atoms in total. The quantitative estimate of drug-likeness (QED) is 0.383. The van der Waals surface area contributed by atoms with Gasteiger partial charge >= 0.3 is 0 Å². The van der Waals surface area contributed by atoms with E-state index in [0.29, 0.717) is 16.3 Å². The molecule has 0 aromatic rings. The van der Waals surface area contributed by atoms with Crippen LogP contribution < -0.4 is 0 Å². The number of carbonyl (C=O) groups is 2. The smallest absolute Gasteiger partial charge is 0.273 e. The van der Waals surface area contributed by atoms with Crippen molar-refractivity contribution in [1.82, 2.24) is 10.0 Å². The number of carbonyl (C=O) groups excluding carboxylic acids is 2. The van der Waals surface area contributed by atoms with Gasteiger partial charge in [-0.25, -0.2) is 0 Å². The van der Waals surface area contributed by atoms with E-state index in [4.69, 9.17) is 0 Å². The molecule has 1 unspecified atom stereocenters. The highest BCUT2D eigenvalue weighted by Gasteiger charge is 2.27. The Morgan fingerprint density at radius 2 is 1.75 bits per heavy atom. The summed E-state index contributed by atoms with van der Waals surface area (Å²) in [6.45, 7) is 5.39. The Morgan fingerprint density at radius 3 is 2.20 bits per heavy atom. The molecule has 0 rings (SSSR count). The van der Waals surface area contributed by atoms with E-state index in [1.807, 2.05) is 13.8 Å². The van der Waals surface area contributed by atoms with Gasteiger partial charge in [-0.05, 0) is 5.92 Å². The van der Waals surface area contributed by atoms with Gasteiger partial charge in [0.1, 0.15) is 4.87 Å². The maximum Gasteiger partial charge on any atom is 0.281 e. The van der Waals surface area contributed by atoms with Crippen LogP contribution in [0.15, 0.2) is 5.29 Å². The molecule has 0 heterocycles. The summed E-state index contributed by atoms with van der Waals surface area (Å²) in [6.07, 6.45) is 0.531. The summed E-state index contributed by atoms with van der Waals surface area (Å²) in [5, 5.41) is 4.22. The monoisotopic (exact) mass is 287 g/mol. The molecular formula is C12H23N4O4+. The fraction of sp³-hybridized carbons (Fsp3) is 0.833. The molecule has 20 heavy (non-hydrogen) atoms. The number of hydrogen-bond acceptors (Lipinski definition) is 5. The third kappa shape index (κ3) is 5.85. The van der Waals surface area contributed by atoms with Crippen LogP contribution >= 0.6 is 0 Å². The van der Waals surface area contributed by atoms with Gasteiger partial charge in [0.2, 0.25) is 12.5 Å². The van der Waals surface area contributed by atoms with E-state index in [1.54, 1.807) is 6.92 Å². The van der Waals surface area contributed by atoms with Crippen molar-refractivity contribution in [2.24, 2.45) is 17.1 Å². The molecular weight excluding hydrogens is 264 g/mol. The van der Waals surface area contributed by atoms with Crippen molar-refractivity contribution in [2.45, 2.75) is 33.6 Å². The fourth-order valence-electron chi connectivity index (χ4n) is 1.54. The number of nitrogens with zero attached hydrogens (tertiary/aromatic N) is 4. The summed E-state index contributed by atoms with van der Waals surface area (Å²) in [6, 6.07) is 0. The lowest BCUT2D eigenvalue weighted by molar-refractivity contribution is -0.683. The minimum atomic E-state index is -0.511. The van der Waals surface area contributed by atoms with E-state index in [-0.39, 0.29) is 24.8 Å². The summed E-state index contributed by atoms with van der Waals surface area (Å²) >= 11 is 0. The maximum atomic E-state index is 11.7. The van der Waals surface area contributed by atoms with Gasteiger partial charge in [0.15, 0.2) is 0 Å². The summed E-state index contributed by atoms with van der Waals surface area (Å²) in [4.78, 5) is 45.7. The van der Waals surface area contributed by atoms with Crippen molar-refractivity contribution in [3.05, 3.63) is 9.81 Å². The Kier molecular flexibility index (Phi) is 7.56. The van der Waals surface area contributed by atoms with Crippen LogP contribution in [0.1, 0.15) is 33.6 Å². The van der Waals surface area contributed by atoms with Crippen LogP contribution in [0, 0.1) is 21.6 Å². The molecule has 0 spiro atoms. The first-order chi connectivity index (χ1) is 9.20. The zero-order valence-corrected chi connectivity index (χ0v) is 12.7. The van der Waals surface area contributed by atoms with E-state index >= 15 is 0 Å². The Hall–Kier alpha value is -1.86. The molecule has 0 aromatic carbocycles. The second-order valence-electron chi connectivity index (χ2n) is 5.22. The van der Waals surface area contributed by atoms with Gasteiger partial charge < -0.3 is 0 Å². The standard InChI is InChI=1S/C12H23N4O4/c1-9(2)8-11(17)15(5)16(20)7-6-10(3)12(18)14(4)13-19/h9-10H,6-8H2,1-5H3/q+1. The number of rotatable bonds is 8. The second kappa shape index (κ2) is 8.34. The van der Waals surface area contributed by atoms with Crippen molar-refractivity contribution in [3.63, 3.8) is 0 Å². The average Bonchev–Trinajstić information content (AvgIpc) is 2.40. The molecule has 8 heteroatoms. The lowest BCUT2D eigenvalue weighted by Gasteiger charge is -2.13. The SMILES string of the molecule is CC(C)CC(=O)N(C)[N+](=O)CCC(C)C(=O)N(C)N=O. The molecule has 2 amide bonds. The molecule has 0 bridgehead atoms. The van der Waals surface area contributed by atoms with Gasteiger partial charge in [0.25, 0.3) is 5.91 Å². The van der Waals surface area contributed by atoms with Gasteiger partial charge in [0.05, 0.1) is 17.2 Å². The van der Waals surface area contributed by atoms with Crippen LogP contribution in [0.4, 0.5) is 0 Å². The van der Waals surface area contributed by atoms with Crippen LogP contribution in [0.2, 0.25) is 0 Å². The number of hydrogen-bond donors (Lipinski definition) is 0. The molecule has 0 aliphatic heterocycles. The predicted octanol–water partition coefficient (Wildman–Crippen LogP) is 1.35. The molecule has 0 N–H and O–H groups in total. The Balaban J connectivity index is 4.31. The highest BCUT2D eigenvalue weighted by atomic mass is 16.3. The molecule has 0 saturated heterocycles. The zero-order chi connectivity index (χ0) is 15.9. The Bertz CT molecular complexity index is 384. The lowest BCUT2D eigenvalue weighted by atomic mass is 10.1. The first-order valence-corrected chi connectivity index (χ1v) is 6.52. The van der Waals surface area contributed by atoms with Crippen LogP contribution in [0.5, 0.6) is 0 Å². The number of hydrazine groups is 1. The van der Waals surface area contributed by atoms with Crippen LogP contribution in [0.25, 0.3) is 0 Å². The molecule has 1 atom stereocenters. The molecule has 0 fully saturated rings. The molecule has 0 aliphatic carbocycles. The molecule has 0 aliphatic rings. The van der Waals surface area contributed by atoms with Crippen LogP contribution in [-0.4, -0.2) is 47.3 Å². The third-order valence-electron chi connectivity index (χ3n) is 2.89. The molecule has 0 radical (unpaired) electrons.